The van der Waals surface area contributed by atoms with E-state index in [1.165, 1.54) is 4.68 Å². The average molecular weight is 203 g/mol. The Hall–Kier alpha value is -1.15. The molecule has 1 aromatic rings. The van der Waals surface area contributed by atoms with E-state index in [4.69, 9.17) is 10.8 Å². The molecule has 1 atom stereocenters. The number of nitrogens with two attached hydrogens (primary N) is 1. The minimum Gasteiger partial charge on any atom is -0.480 e. The van der Waals surface area contributed by atoms with Gasteiger partial charge >= 0.3 is 5.97 Å². The highest BCUT2D eigenvalue weighted by molar-refractivity contribution is 8.00. The number of aliphatic carboxylic acids is 1. The van der Waals surface area contributed by atoms with Crippen molar-refractivity contribution in [2.24, 2.45) is 12.8 Å². The van der Waals surface area contributed by atoms with E-state index in [1.54, 1.807) is 7.05 Å². The second-order valence-electron chi connectivity index (χ2n) is 2.27. The smallest absolute Gasteiger partial charge is 0.318 e. The predicted octanol–water partition coefficient (Wildman–Crippen LogP) is -1.29. The third-order valence-corrected chi connectivity index (χ3v) is 2.55. The van der Waals surface area contributed by atoms with Crippen LogP contribution < -0.4 is 5.73 Å². The zero-order chi connectivity index (χ0) is 9.84. The number of nitrogens with zero attached hydrogens (tertiary/aromatic N) is 4. The summed E-state index contributed by atoms with van der Waals surface area (Å²) in [6.45, 7) is 0.0485. The first-order chi connectivity index (χ1) is 6.15. The highest BCUT2D eigenvalue weighted by Crippen LogP contribution is 2.18. The monoisotopic (exact) mass is 203 g/mol. The molecule has 1 aromatic heterocycles. The van der Waals surface area contributed by atoms with Crippen LogP contribution in [0, 0.1) is 0 Å². The maximum atomic E-state index is 10.6. The molecule has 1 rings (SSSR count). The van der Waals surface area contributed by atoms with Gasteiger partial charge in [-0.15, -0.1) is 5.10 Å². The minimum atomic E-state index is -0.962. The Morgan fingerprint density at radius 3 is 2.92 bits per heavy atom. The largest absolute Gasteiger partial charge is 0.480 e. The fourth-order valence-electron chi connectivity index (χ4n) is 0.648. The Morgan fingerprint density at radius 1 is 1.85 bits per heavy atom. The summed E-state index contributed by atoms with van der Waals surface area (Å²) in [4.78, 5) is 10.6. The molecule has 0 bridgehead atoms. The van der Waals surface area contributed by atoms with E-state index in [9.17, 15) is 4.79 Å². The van der Waals surface area contributed by atoms with E-state index in [-0.39, 0.29) is 6.54 Å². The molecule has 1 heterocycles. The van der Waals surface area contributed by atoms with Crippen LogP contribution in [0.1, 0.15) is 0 Å². The number of tetrazole rings is 1. The molecule has 3 N–H and O–H groups in total. The molecule has 7 nitrogen and oxygen atoms in total. The van der Waals surface area contributed by atoms with E-state index in [0.717, 1.165) is 11.8 Å². The van der Waals surface area contributed by atoms with Crippen molar-refractivity contribution in [2.75, 3.05) is 6.54 Å². The Morgan fingerprint density at radius 2 is 2.54 bits per heavy atom. The highest BCUT2D eigenvalue weighted by Gasteiger charge is 2.19. The van der Waals surface area contributed by atoms with Crippen molar-refractivity contribution >= 4 is 17.7 Å². The number of carboxylic acid groups (broad SMARTS) is 1. The van der Waals surface area contributed by atoms with E-state index >= 15 is 0 Å². The molecule has 0 aromatic carbocycles. The van der Waals surface area contributed by atoms with Gasteiger partial charge in [0.15, 0.2) is 0 Å². The van der Waals surface area contributed by atoms with Crippen molar-refractivity contribution < 1.29 is 9.90 Å². The SMILES string of the molecule is Cn1nnnc1SC(CN)C(=O)O. The number of aromatic nitrogens is 4. The summed E-state index contributed by atoms with van der Waals surface area (Å²) in [5.41, 5.74) is 5.26. The molecular formula is C5H9N5O2S. The van der Waals surface area contributed by atoms with Crippen molar-refractivity contribution in [1.82, 2.24) is 20.2 Å². The van der Waals surface area contributed by atoms with Crippen LogP contribution in [-0.4, -0.2) is 43.1 Å². The van der Waals surface area contributed by atoms with Gasteiger partial charge in [0, 0.05) is 13.6 Å². The number of thioether (sulfide) groups is 1. The molecule has 0 aliphatic rings. The molecule has 0 amide bonds. The lowest BCUT2D eigenvalue weighted by atomic mass is 10.4. The van der Waals surface area contributed by atoms with Crippen LogP contribution in [0.4, 0.5) is 0 Å². The average Bonchev–Trinajstić information content (AvgIpc) is 2.46. The van der Waals surface area contributed by atoms with Crippen molar-refractivity contribution in [3.63, 3.8) is 0 Å². The summed E-state index contributed by atoms with van der Waals surface area (Å²) >= 11 is 1.03. The summed E-state index contributed by atoms with van der Waals surface area (Å²) in [6, 6.07) is 0. The molecule has 0 radical (unpaired) electrons. The molecule has 0 aliphatic carbocycles. The fraction of sp³-hybridized carbons (Fsp3) is 0.600. The number of aryl methyl sites for hydroxylation is 1. The second kappa shape index (κ2) is 4.19. The van der Waals surface area contributed by atoms with Gasteiger partial charge in [-0.05, 0) is 10.4 Å². The first-order valence-electron chi connectivity index (χ1n) is 3.47. The summed E-state index contributed by atoms with van der Waals surface area (Å²) < 4.78 is 1.40. The predicted molar refractivity (Wildman–Crippen MR) is 45.1 cm³/mol. The number of carboxylic acids is 1. The third kappa shape index (κ3) is 2.39. The first kappa shape index (κ1) is 9.93. The standard InChI is InChI=1S/C5H9N5O2S/c1-10-5(7-8-9-10)13-3(2-6)4(11)12/h3H,2,6H2,1H3,(H,11,12). The molecule has 0 saturated heterocycles. The summed E-state index contributed by atoms with van der Waals surface area (Å²) in [5.74, 6) is -0.962. The minimum absolute atomic E-state index is 0.0485. The molecule has 0 fully saturated rings. The summed E-state index contributed by atoms with van der Waals surface area (Å²) in [6.07, 6.45) is 0. The van der Waals surface area contributed by atoms with Gasteiger partial charge in [0.1, 0.15) is 5.25 Å². The number of hydrogen-bond acceptors (Lipinski definition) is 6. The van der Waals surface area contributed by atoms with Gasteiger partial charge in [-0.1, -0.05) is 11.8 Å². The van der Waals surface area contributed by atoms with Crippen LogP contribution >= 0.6 is 11.8 Å². The van der Waals surface area contributed by atoms with Crippen LogP contribution in [0.15, 0.2) is 5.16 Å². The Balaban J connectivity index is 2.67. The van der Waals surface area contributed by atoms with E-state index in [0.29, 0.717) is 5.16 Å². The number of carbonyl (C=O) groups is 1. The normalized spacial score (nSPS) is 12.8. The van der Waals surface area contributed by atoms with Crippen molar-refractivity contribution in [3.05, 3.63) is 0 Å². The lowest BCUT2D eigenvalue weighted by Gasteiger charge is -2.06. The van der Waals surface area contributed by atoms with Gasteiger partial charge in [0.2, 0.25) is 5.16 Å². The van der Waals surface area contributed by atoms with Crippen LogP contribution in [0.3, 0.4) is 0 Å². The highest BCUT2D eigenvalue weighted by atomic mass is 32.2. The van der Waals surface area contributed by atoms with Gasteiger partial charge in [0.25, 0.3) is 0 Å². The molecule has 0 spiro atoms. The Kier molecular flexibility index (Phi) is 3.20. The third-order valence-electron chi connectivity index (χ3n) is 1.32. The van der Waals surface area contributed by atoms with E-state index in [2.05, 4.69) is 15.5 Å². The first-order valence-corrected chi connectivity index (χ1v) is 4.35. The zero-order valence-electron chi connectivity index (χ0n) is 6.91. The van der Waals surface area contributed by atoms with Gasteiger partial charge in [-0.2, -0.15) is 0 Å². The quantitative estimate of drug-likeness (QED) is 0.586. The van der Waals surface area contributed by atoms with E-state index < -0.39 is 11.2 Å². The van der Waals surface area contributed by atoms with Gasteiger partial charge < -0.3 is 10.8 Å². The van der Waals surface area contributed by atoms with Gasteiger partial charge in [-0.3, -0.25) is 4.79 Å². The second-order valence-corrected chi connectivity index (χ2v) is 3.44. The molecule has 0 saturated carbocycles. The lowest BCUT2D eigenvalue weighted by Crippen LogP contribution is -2.26. The van der Waals surface area contributed by atoms with E-state index in [1.807, 2.05) is 0 Å². The number of rotatable bonds is 4. The van der Waals surface area contributed by atoms with Crippen LogP contribution in [0.5, 0.6) is 0 Å². The number of hydrogen-bond donors (Lipinski definition) is 2. The lowest BCUT2D eigenvalue weighted by molar-refractivity contribution is -0.136. The molecular weight excluding hydrogens is 194 g/mol. The van der Waals surface area contributed by atoms with Crippen LogP contribution in [0.2, 0.25) is 0 Å². The molecule has 8 heteroatoms. The Bertz CT molecular complexity index is 301. The van der Waals surface area contributed by atoms with Crippen molar-refractivity contribution in [3.8, 4) is 0 Å². The van der Waals surface area contributed by atoms with Crippen LogP contribution in [-0.2, 0) is 11.8 Å². The maximum absolute atomic E-state index is 10.6. The van der Waals surface area contributed by atoms with Crippen molar-refractivity contribution in [2.45, 2.75) is 10.4 Å². The molecule has 0 aliphatic heterocycles. The van der Waals surface area contributed by atoms with Crippen LogP contribution in [0.25, 0.3) is 0 Å². The maximum Gasteiger partial charge on any atom is 0.318 e. The molecule has 13 heavy (non-hydrogen) atoms. The summed E-state index contributed by atoms with van der Waals surface area (Å²) in [7, 11) is 1.64. The van der Waals surface area contributed by atoms with Gasteiger partial charge in [0.05, 0.1) is 0 Å². The molecule has 72 valence electrons. The fourth-order valence-corrected chi connectivity index (χ4v) is 1.37. The zero-order valence-corrected chi connectivity index (χ0v) is 7.73. The summed E-state index contributed by atoms with van der Waals surface area (Å²) in [5, 5.41) is 19.0. The topological polar surface area (TPSA) is 107 Å². The van der Waals surface area contributed by atoms with Gasteiger partial charge in [-0.25, -0.2) is 4.68 Å². The van der Waals surface area contributed by atoms with Crippen molar-refractivity contribution in [1.29, 1.82) is 0 Å². The Labute approximate surface area is 78.3 Å². The molecule has 1 unspecified atom stereocenters.